The van der Waals surface area contributed by atoms with Crippen LogP contribution in [0.2, 0.25) is 0 Å². The second kappa shape index (κ2) is 6.42. The molecule has 0 spiro atoms. The van der Waals surface area contributed by atoms with Crippen molar-refractivity contribution in [3.8, 4) is 0 Å². The highest BCUT2D eigenvalue weighted by molar-refractivity contribution is 8.13. The SMILES string of the molecule is CCC1(CC)CN=C(NCc2cccc(C)n2)SC1. The molecule has 0 saturated heterocycles. The van der Waals surface area contributed by atoms with Gasteiger partial charge in [0.05, 0.1) is 12.2 Å². The number of aromatic nitrogens is 1. The van der Waals surface area contributed by atoms with E-state index in [0.29, 0.717) is 5.41 Å². The zero-order chi connectivity index (χ0) is 13.7. The Morgan fingerprint density at radius 1 is 1.32 bits per heavy atom. The second-order valence-corrected chi connectivity index (χ2v) is 6.21. The van der Waals surface area contributed by atoms with Gasteiger partial charge in [-0.15, -0.1) is 0 Å². The molecule has 1 aromatic heterocycles. The van der Waals surface area contributed by atoms with E-state index in [-0.39, 0.29) is 0 Å². The molecule has 0 bridgehead atoms. The monoisotopic (exact) mass is 277 g/mol. The van der Waals surface area contributed by atoms with Crippen molar-refractivity contribution >= 4 is 16.9 Å². The minimum Gasteiger partial charge on any atom is -0.359 e. The van der Waals surface area contributed by atoms with Gasteiger partial charge in [0, 0.05) is 18.0 Å². The van der Waals surface area contributed by atoms with Crippen LogP contribution in [0.15, 0.2) is 23.2 Å². The average molecular weight is 277 g/mol. The van der Waals surface area contributed by atoms with E-state index in [0.717, 1.165) is 29.6 Å². The molecular weight excluding hydrogens is 254 g/mol. The quantitative estimate of drug-likeness (QED) is 0.916. The van der Waals surface area contributed by atoms with Gasteiger partial charge in [-0.2, -0.15) is 0 Å². The highest BCUT2D eigenvalue weighted by atomic mass is 32.2. The van der Waals surface area contributed by atoms with Gasteiger partial charge < -0.3 is 5.32 Å². The van der Waals surface area contributed by atoms with E-state index in [4.69, 9.17) is 4.99 Å². The Hall–Kier alpha value is -1.03. The van der Waals surface area contributed by atoms with Crippen molar-refractivity contribution in [1.29, 1.82) is 0 Å². The van der Waals surface area contributed by atoms with Gasteiger partial charge in [0.2, 0.25) is 0 Å². The smallest absolute Gasteiger partial charge is 0.156 e. The number of nitrogens with zero attached hydrogens (tertiary/aromatic N) is 2. The molecule has 0 aromatic carbocycles. The van der Waals surface area contributed by atoms with Crippen molar-refractivity contribution in [1.82, 2.24) is 10.3 Å². The molecular formula is C15H23N3S. The fraction of sp³-hybridized carbons (Fsp3) is 0.600. The molecule has 3 nitrogen and oxygen atoms in total. The van der Waals surface area contributed by atoms with Gasteiger partial charge >= 0.3 is 0 Å². The second-order valence-electron chi connectivity index (χ2n) is 5.24. The van der Waals surface area contributed by atoms with E-state index in [1.54, 1.807) is 0 Å². The van der Waals surface area contributed by atoms with Gasteiger partial charge in [0.1, 0.15) is 0 Å². The highest BCUT2D eigenvalue weighted by Crippen LogP contribution is 2.34. The molecule has 104 valence electrons. The van der Waals surface area contributed by atoms with Crippen LogP contribution in [-0.2, 0) is 6.54 Å². The molecule has 0 amide bonds. The number of amidine groups is 1. The Balaban J connectivity index is 1.90. The first-order valence-electron chi connectivity index (χ1n) is 7.01. The molecule has 2 heterocycles. The highest BCUT2D eigenvalue weighted by Gasteiger charge is 2.29. The Bertz CT molecular complexity index is 452. The number of nitrogens with one attached hydrogen (secondary N) is 1. The fourth-order valence-electron chi connectivity index (χ4n) is 2.20. The molecule has 1 N–H and O–H groups in total. The summed E-state index contributed by atoms with van der Waals surface area (Å²) in [6.07, 6.45) is 2.43. The molecule has 2 rings (SSSR count). The van der Waals surface area contributed by atoms with Crippen molar-refractivity contribution in [2.75, 3.05) is 12.3 Å². The van der Waals surface area contributed by atoms with Gasteiger partial charge in [0.25, 0.3) is 0 Å². The van der Waals surface area contributed by atoms with E-state index >= 15 is 0 Å². The Morgan fingerprint density at radius 2 is 2.11 bits per heavy atom. The minimum atomic E-state index is 0.414. The molecule has 1 aliphatic rings. The summed E-state index contributed by atoms with van der Waals surface area (Å²) in [7, 11) is 0. The first-order valence-corrected chi connectivity index (χ1v) is 7.99. The van der Waals surface area contributed by atoms with E-state index in [2.05, 4.69) is 30.2 Å². The first kappa shape index (κ1) is 14.4. The lowest BCUT2D eigenvalue weighted by atomic mass is 9.84. The van der Waals surface area contributed by atoms with Crippen molar-refractivity contribution in [2.45, 2.75) is 40.2 Å². The van der Waals surface area contributed by atoms with Gasteiger partial charge in [-0.05, 0) is 37.3 Å². The lowest BCUT2D eigenvalue weighted by Crippen LogP contribution is -2.34. The number of hydrogen-bond acceptors (Lipinski definition) is 4. The van der Waals surface area contributed by atoms with Crippen LogP contribution >= 0.6 is 11.8 Å². The van der Waals surface area contributed by atoms with E-state index in [9.17, 15) is 0 Å². The van der Waals surface area contributed by atoms with Crippen molar-refractivity contribution in [2.24, 2.45) is 10.4 Å². The van der Waals surface area contributed by atoms with Gasteiger partial charge in [0.15, 0.2) is 5.17 Å². The maximum absolute atomic E-state index is 4.70. The summed E-state index contributed by atoms with van der Waals surface area (Å²) in [6.45, 7) is 8.28. The summed E-state index contributed by atoms with van der Waals surface area (Å²) in [4.78, 5) is 9.19. The van der Waals surface area contributed by atoms with Gasteiger partial charge in [-0.1, -0.05) is 31.7 Å². The lowest BCUT2D eigenvalue weighted by molar-refractivity contribution is 0.318. The van der Waals surface area contributed by atoms with Crippen molar-refractivity contribution < 1.29 is 0 Å². The van der Waals surface area contributed by atoms with Crippen molar-refractivity contribution in [3.63, 3.8) is 0 Å². The van der Waals surface area contributed by atoms with E-state index in [1.165, 1.54) is 18.6 Å². The molecule has 4 heteroatoms. The Labute approximate surface area is 120 Å². The fourth-order valence-corrected chi connectivity index (χ4v) is 3.47. The third-order valence-electron chi connectivity index (χ3n) is 3.94. The molecule has 0 atom stereocenters. The van der Waals surface area contributed by atoms with Crippen LogP contribution in [0.4, 0.5) is 0 Å². The van der Waals surface area contributed by atoms with Crippen LogP contribution < -0.4 is 5.32 Å². The zero-order valence-electron chi connectivity index (χ0n) is 12.1. The molecule has 0 aliphatic carbocycles. The molecule has 1 aromatic rings. The van der Waals surface area contributed by atoms with Crippen LogP contribution in [0.3, 0.4) is 0 Å². The summed E-state index contributed by atoms with van der Waals surface area (Å²) in [6, 6.07) is 6.12. The van der Waals surface area contributed by atoms with Crippen molar-refractivity contribution in [3.05, 3.63) is 29.6 Å². The van der Waals surface area contributed by atoms with Gasteiger partial charge in [-0.3, -0.25) is 9.98 Å². The summed E-state index contributed by atoms with van der Waals surface area (Å²) < 4.78 is 0. The number of hydrogen-bond donors (Lipinski definition) is 1. The number of rotatable bonds is 4. The number of aryl methyl sites for hydroxylation is 1. The minimum absolute atomic E-state index is 0.414. The summed E-state index contributed by atoms with van der Waals surface area (Å²) >= 11 is 1.85. The maximum atomic E-state index is 4.70. The molecule has 19 heavy (non-hydrogen) atoms. The summed E-state index contributed by atoms with van der Waals surface area (Å²) in [5.74, 6) is 1.17. The number of aliphatic imine (C=N–C) groups is 1. The predicted molar refractivity (Wildman–Crippen MR) is 83.6 cm³/mol. The standard InChI is InChI=1S/C15H23N3S/c1-4-15(5-2)10-17-14(19-11-15)16-9-13-8-6-7-12(3)18-13/h6-8H,4-5,9-11H2,1-3H3,(H,16,17). The summed E-state index contributed by atoms with van der Waals surface area (Å²) in [5, 5.41) is 4.47. The molecule has 0 unspecified atom stereocenters. The van der Waals surface area contributed by atoms with Gasteiger partial charge in [-0.25, -0.2) is 0 Å². The third kappa shape index (κ3) is 3.72. The van der Waals surface area contributed by atoms with Crippen LogP contribution in [0.5, 0.6) is 0 Å². The predicted octanol–water partition coefficient (Wildman–Crippen LogP) is 3.39. The number of pyridine rings is 1. The summed E-state index contributed by atoms with van der Waals surface area (Å²) in [5.41, 5.74) is 2.55. The normalized spacial score (nSPS) is 17.9. The lowest BCUT2D eigenvalue weighted by Gasteiger charge is -2.33. The van der Waals surface area contributed by atoms with E-state index < -0.39 is 0 Å². The van der Waals surface area contributed by atoms with Crippen LogP contribution in [0, 0.1) is 12.3 Å². The molecule has 1 aliphatic heterocycles. The largest absolute Gasteiger partial charge is 0.359 e. The van der Waals surface area contributed by atoms with E-state index in [1.807, 2.05) is 30.8 Å². The number of thioether (sulfide) groups is 1. The molecule has 0 fully saturated rings. The van der Waals surface area contributed by atoms with Crippen LogP contribution in [0.1, 0.15) is 38.1 Å². The van der Waals surface area contributed by atoms with Crippen LogP contribution in [-0.4, -0.2) is 22.4 Å². The Kier molecular flexibility index (Phi) is 4.86. The topological polar surface area (TPSA) is 37.3 Å². The molecule has 0 radical (unpaired) electrons. The first-order chi connectivity index (χ1) is 9.17. The zero-order valence-corrected chi connectivity index (χ0v) is 12.9. The molecule has 0 saturated carbocycles. The third-order valence-corrected chi connectivity index (χ3v) is 5.24. The van der Waals surface area contributed by atoms with Crippen LogP contribution in [0.25, 0.3) is 0 Å². The average Bonchev–Trinajstić information content (AvgIpc) is 2.46. The maximum Gasteiger partial charge on any atom is 0.156 e. The Morgan fingerprint density at radius 3 is 2.68 bits per heavy atom.